The van der Waals surface area contributed by atoms with Gasteiger partial charge >= 0.3 is 0 Å². The Bertz CT molecular complexity index is 807. The van der Waals surface area contributed by atoms with Crippen molar-refractivity contribution < 1.29 is 23.1 Å². The zero-order valence-electron chi connectivity index (χ0n) is 14.4. The molecule has 3 N–H and O–H groups in total. The lowest BCUT2D eigenvalue weighted by Crippen LogP contribution is -2.48. The van der Waals surface area contributed by atoms with E-state index in [-0.39, 0.29) is 24.5 Å². The predicted octanol–water partition coefficient (Wildman–Crippen LogP) is 0.693. The van der Waals surface area contributed by atoms with Gasteiger partial charge in [0.1, 0.15) is 11.8 Å². The van der Waals surface area contributed by atoms with Crippen LogP contribution in [-0.2, 0) is 21.2 Å². The van der Waals surface area contributed by atoms with Crippen LogP contribution in [0.3, 0.4) is 0 Å². The Morgan fingerprint density at radius 2 is 1.77 bits per heavy atom. The van der Waals surface area contributed by atoms with Crippen molar-refractivity contribution in [3.63, 3.8) is 0 Å². The number of sulfonamides is 1. The van der Waals surface area contributed by atoms with Crippen LogP contribution in [0.4, 0.5) is 0 Å². The fraction of sp³-hybridized carbons (Fsp3) is 0.278. The van der Waals surface area contributed by atoms with E-state index in [9.17, 15) is 13.2 Å². The Hall–Kier alpha value is -2.42. The summed E-state index contributed by atoms with van der Waals surface area (Å²) in [6.07, 6.45) is 0.188. The zero-order valence-corrected chi connectivity index (χ0v) is 15.2. The van der Waals surface area contributed by atoms with Crippen molar-refractivity contribution in [3.8, 4) is 5.75 Å². The molecular formula is C18H22N2O5S. The van der Waals surface area contributed by atoms with Crippen molar-refractivity contribution in [2.75, 3.05) is 20.3 Å². The minimum atomic E-state index is -3.90. The van der Waals surface area contributed by atoms with Gasteiger partial charge in [0.05, 0.1) is 18.6 Å². The van der Waals surface area contributed by atoms with Gasteiger partial charge < -0.3 is 15.2 Å². The van der Waals surface area contributed by atoms with Crippen LogP contribution in [0.2, 0.25) is 0 Å². The van der Waals surface area contributed by atoms with Crippen molar-refractivity contribution in [1.29, 1.82) is 0 Å². The smallest absolute Gasteiger partial charge is 0.241 e. The van der Waals surface area contributed by atoms with Gasteiger partial charge in [-0.2, -0.15) is 4.72 Å². The van der Waals surface area contributed by atoms with E-state index in [1.165, 1.54) is 31.4 Å². The highest BCUT2D eigenvalue weighted by molar-refractivity contribution is 7.89. The molecule has 0 aliphatic heterocycles. The van der Waals surface area contributed by atoms with E-state index in [0.29, 0.717) is 5.75 Å². The molecule has 2 rings (SSSR count). The monoisotopic (exact) mass is 378 g/mol. The second kappa shape index (κ2) is 9.33. The summed E-state index contributed by atoms with van der Waals surface area (Å²) in [6.45, 7) is -0.177. The Morgan fingerprint density at radius 1 is 1.12 bits per heavy atom. The molecule has 0 fully saturated rings. The first-order valence-electron chi connectivity index (χ1n) is 8.05. The molecule has 1 amide bonds. The molecular weight excluding hydrogens is 356 g/mol. The third-order valence-electron chi connectivity index (χ3n) is 3.68. The average Bonchev–Trinajstić information content (AvgIpc) is 2.66. The van der Waals surface area contributed by atoms with Crippen LogP contribution in [0.15, 0.2) is 59.5 Å². The van der Waals surface area contributed by atoms with Gasteiger partial charge in [-0.3, -0.25) is 4.79 Å². The first-order chi connectivity index (χ1) is 12.5. The van der Waals surface area contributed by atoms with Crippen LogP contribution in [0.25, 0.3) is 0 Å². The number of hydrogen-bond acceptors (Lipinski definition) is 5. The highest BCUT2D eigenvalue weighted by atomic mass is 32.2. The molecule has 8 heteroatoms. The molecule has 2 aromatic carbocycles. The number of aliphatic hydroxyl groups is 1. The maximum atomic E-state index is 12.6. The largest absolute Gasteiger partial charge is 0.497 e. The molecule has 0 saturated heterocycles. The third-order valence-corrected chi connectivity index (χ3v) is 5.16. The van der Waals surface area contributed by atoms with E-state index in [4.69, 9.17) is 9.84 Å². The average molecular weight is 378 g/mol. The van der Waals surface area contributed by atoms with E-state index in [1.54, 1.807) is 0 Å². The van der Waals surface area contributed by atoms with Gasteiger partial charge in [0.15, 0.2) is 0 Å². The molecule has 140 valence electrons. The fourth-order valence-electron chi connectivity index (χ4n) is 2.35. The summed E-state index contributed by atoms with van der Waals surface area (Å²) in [6, 6.07) is 14.0. The van der Waals surface area contributed by atoms with E-state index in [1.807, 2.05) is 30.3 Å². The van der Waals surface area contributed by atoms with Crippen LogP contribution in [0.5, 0.6) is 5.75 Å². The minimum absolute atomic E-state index is 0.0336. The molecule has 0 aliphatic carbocycles. The fourth-order valence-corrected chi connectivity index (χ4v) is 3.55. The second-order valence-electron chi connectivity index (χ2n) is 5.55. The van der Waals surface area contributed by atoms with Crippen LogP contribution >= 0.6 is 0 Å². The number of ether oxygens (including phenoxy) is 1. The molecule has 26 heavy (non-hydrogen) atoms. The van der Waals surface area contributed by atoms with Gasteiger partial charge in [-0.1, -0.05) is 30.3 Å². The maximum absolute atomic E-state index is 12.6. The number of hydrogen-bond donors (Lipinski definition) is 3. The summed E-state index contributed by atoms with van der Waals surface area (Å²) in [5.74, 6) is 0.0328. The summed E-state index contributed by atoms with van der Waals surface area (Å²) < 4.78 is 32.7. The number of methoxy groups -OCH3 is 1. The van der Waals surface area contributed by atoms with Crippen LogP contribution in [-0.4, -0.2) is 45.7 Å². The number of carbonyl (C=O) groups excluding carboxylic acids is 1. The number of benzene rings is 2. The van der Waals surface area contributed by atoms with Gasteiger partial charge in [-0.05, 0) is 36.2 Å². The first-order valence-corrected chi connectivity index (χ1v) is 9.53. The lowest BCUT2D eigenvalue weighted by Gasteiger charge is -2.18. The molecule has 2 aromatic rings. The lowest BCUT2D eigenvalue weighted by atomic mass is 10.1. The first kappa shape index (κ1) is 19.9. The second-order valence-corrected chi connectivity index (χ2v) is 7.27. The highest BCUT2D eigenvalue weighted by Gasteiger charge is 2.26. The standard InChI is InChI=1S/C18H22N2O5S/c1-25-15-7-9-16(10-8-15)26(23,24)20-17(18(22)19-11-12-21)13-14-5-3-2-4-6-14/h2-10,17,20-21H,11-13H2,1H3,(H,19,22). The molecule has 0 bridgehead atoms. The normalized spacial score (nSPS) is 12.4. The predicted molar refractivity (Wildman–Crippen MR) is 97.3 cm³/mol. The summed E-state index contributed by atoms with van der Waals surface area (Å²) in [5.41, 5.74) is 0.814. The Morgan fingerprint density at radius 3 is 2.35 bits per heavy atom. The molecule has 0 aromatic heterocycles. The quantitative estimate of drug-likeness (QED) is 0.596. The minimum Gasteiger partial charge on any atom is -0.497 e. The SMILES string of the molecule is COc1ccc(S(=O)(=O)NC(Cc2ccccc2)C(=O)NCCO)cc1. The third kappa shape index (κ3) is 5.55. The molecule has 7 nitrogen and oxygen atoms in total. The number of rotatable bonds is 9. The van der Waals surface area contributed by atoms with E-state index in [2.05, 4.69) is 10.0 Å². The van der Waals surface area contributed by atoms with Crippen molar-refractivity contribution >= 4 is 15.9 Å². The number of amides is 1. The summed E-state index contributed by atoms with van der Waals surface area (Å²) >= 11 is 0. The zero-order chi connectivity index (χ0) is 19.0. The van der Waals surface area contributed by atoms with Gasteiger partial charge in [-0.15, -0.1) is 0 Å². The topological polar surface area (TPSA) is 105 Å². The maximum Gasteiger partial charge on any atom is 0.241 e. The molecule has 0 aliphatic rings. The van der Waals surface area contributed by atoms with Crippen molar-refractivity contribution in [3.05, 3.63) is 60.2 Å². The van der Waals surface area contributed by atoms with E-state index >= 15 is 0 Å². The number of carbonyl (C=O) groups is 1. The number of aliphatic hydroxyl groups excluding tert-OH is 1. The molecule has 0 heterocycles. The van der Waals surface area contributed by atoms with Crippen molar-refractivity contribution in [2.45, 2.75) is 17.4 Å². The van der Waals surface area contributed by atoms with Crippen LogP contribution in [0.1, 0.15) is 5.56 Å². The number of nitrogens with one attached hydrogen (secondary N) is 2. The van der Waals surface area contributed by atoms with Gasteiger partial charge in [-0.25, -0.2) is 8.42 Å². The van der Waals surface area contributed by atoms with Gasteiger partial charge in [0.25, 0.3) is 0 Å². The molecule has 1 unspecified atom stereocenters. The summed E-state index contributed by atoms with van der Waals surface area (Å²) in [4.78, 5) is 12.4. The lowest BCUT2D eigenvalue weighted by molar-refractivity contribution is -0.122. The Labute approximate surface area is 153 Å². The van der Waals surface area contributed by atoms with Crippen molar-refractivity contribution in [2.24, 2.45) is 0 Å². The van der Waals surface area contributed by atoms with Gasteiger partial charge in [0.2, 0.25) is 15.9 Å². The molecule has 0 saturated carbocycles. The highest BCUT2D eigenvalue weighted by Crippen LogP contribution is 2.16. The van der Waals surface area contributed by atoms with E-state index in [0.717, 1.165) is 5.56 Å². The Kier molecular flexibility index (Phi) is 7.14. The summed E-state index contributed by atoms with van der Waals surface area (Å²) in [5, 5.41) is 11.4. The van der Waals surface area contributed by atoms with Crippen LogP contribution in [0, 0.1) is 0 Å². The van der Waals surface area contributed by atoms with Gasteiger partial charge in [0, 0.05) is 6.54 Å². The molecule has 0 spiro atoms. The van der Waals surface area contributed by atoms with Crippen LogP contribution < -0.4 is 14.8 Å². The molecule has 1 atom stereocenters. The van der Waals surface area contributed by atoms with E-state index < -0.39 is 22.0 Å². The Balaban J connectivity index is 2.21. The molecule has 0 radical (unpaired) electrons. The van der Waals surface area contributed by atoms with Crippen molar-refractivity contribution in [1.82, 2.24) is 10.0 Å². The summed E-state index contributed by atoms with van der Waals surface area (Å²) in [7, 11) is -2.41.